The van der Waals surface area contributed by atoms with Crippen LogP contribution in [0.4, 0.5) is 24.4 Å². The Hall–Kier alpha value is -5.07. The van der Waals surface area contributed by atoms with E-state index in [0.29, 0.717) is 29.5 Å². The molecule has 1 saturated heterocycles. The molecule has 15 heteroatoms. The van der Waals surface area contributed by atoms with Crippen molar-refractivity contribution in [3.63, 3.8) is 0 Å². The van der Waals surface area contributed by atoms with Crippen LogP contribution >= 0.6 is 11.3 Å². The van der Waals surface area contributed by atoms with E-state index in [0.717, 1.165) is 11.2 Å². The number of para-hydroxylation sites is 1. The summed E-state index contributed by atoms with van der Waals surface area (Å²) in [6.45, 7) is 3.07. The first-order chi connectivity index (χ1) is 22.1. The Kier molecular flexibility index (Phi) is 8.09. The SMILES string of the molecule is CCOc1ccccc1C1(OC(=O)N2CCN(c3nccs3)CC2)C(=O)N(S(=O)(=O)c2ccc(F)cc2F)c2ccc(C#N)cc21. The number of ether oxygens (including phenoxy) is 2. The molecule has 11 nitrogen and oxygen atoms in total. The minimum Gasteiger partial charge on any atom is -0.493 e. The molecule has 46 heavy (non-hydrogen) atoms. The first-order valence-electron chi connectivity index (χ1n) is 14.1. The van der Waals surface area contributed by atoms with Crippen molar-refractivity contribution < 1.29 is 36.3 Å². The predicted octanol–water partition coefficient (Wildman–Crippen LogP) is 4.63. The maximum Gasteiger partial charge on any atom is 0.411 e. The highest BCUT2D eigenvalue weighted by molar-refractivity contribution is 7.93. The van der Waals surface area contributed by atoms with Crippen LogP contribution in [-0.4, -0.2) is 63.1 Å². The molecule has 0 radical (unpaired) electrons. The third-order valence-electron chi connectivity index (χ3n) is 7.66. The van der Waals surface area contributed by atoms with Gasteiger partial charge in [0.05, 0.1) is 29.5 Å². The zero-order valence-electron chi connectivity index (χ0n) is 24.2. The molecular formula is C31H25F2N5O6S2. The number of carbonyl (C=O) groups excluding carboxylic acids is 2. The van der Waals surface area contributed by atoms with E-state index in [9.17, 15) is 32.0 Å². The Bertz CT molecular complexity index is 1980. The second-order valence-electron chi connectivity index (χ2n) is 10.3. The number of halogens is 2. The van der Waals surface area contributed by atoms with Gasteiger partial charge in [0.15, 0.2) is 5.13 Å². The first kappa shape index (κ1) is 30.9. The number of hydrogen-bond donors (Lipinski definition) is 0. The van der Waals surface area contributed by atoms with Crippen molar-refractivity contribution in [3.8, 4) is 11.8 Å². The molecule has 3 aromatic carbocycles. The summed E-state index contributed by atoms with van der Waals surface area (Å²) in [5.74, 6) is -3.61. The average molecular weight is 666 g/mol. The van der Waals surface area contributed by atoms with Crippen molar-refractivity contribution in [2.75, 3.05) is 42.0 Å². The van der Waals surface area contributed by atoms with Gasteiger partial charge in [-0.25, -0.2) is 27.0 Å². The van der Waals surface area contributed by atoms with E-state index in [1.165, 1.54) is 46.6 Å². The number of nitrogens with zero attached hydrogens (tertiary/aromatic N) is 5. The molecule has 1 aromatic heterocycles. The second kappa shape index (κ2) is 12.0. The van der Waals surface area contributed by atoms with E-state index in [4.69, 9.17) is 9.47 Å². The number of rotatable bonds is 7. The minimum absolute atomic E-state index is 0.00904. The fraction of sp³-hybridized carbons (Fsp3) is 0.226. The lowest BCUT2D eigenvalue weighted by Gasteiger charge is -2.37. The number of benzene rings is 3. The van der Waals surface area contributed by atoms with Crippen LogP contribution in [0.25, 0.3) is 0 Å². The van der Waals surface area contributed by atoms with Gasteiger partial charge in [-0.1, -0.05) is 18.2 Å². The Balaban J connectivity index is 1.51. The zero-order valence-corrected chi connectivity index (χ0v) is 25.9. The maximum absolute atomic E-state index is 15.0. The Morgan fingerprint density at radius 2 is 1.83 bits per heavy atom. The molecule has 0 saturated carbocycles. The highest BCUT2D eigenvalue weighted by Gasteiger charge is 2.61. The zero-order chi connectivity index (χ0) is 32.6. The summed E-state index contributed by atoms with van der Waals surface area (Å²) in [7, 11) is -5.06. The molecule has 2 aliphatic heterocycles. The molecule has 1 unspecified atom stereocenters. The van der Waals surface area contributed by atoms with Gasteiger partial charge in [-0.2, -0.15) is 9.57 Å². The van der Waals surface area contributed by atoms with Gasteiger partial charge in [-0.15, -0.1) is 11.3 Å². The van der Waals surface area contributed by atoms with Crippen LogP contribution in [0.1, 0.15) is 23.6 Å². The summed E-state index contributed by atoms with van der Waals surface area (Å²) in [4.78, 5) is 35.4. The highest BCUT2D eigenvalue weighted by atomic mass is 32.2. The van der Waals surface area contributed by atoms with Crippen LogP contribution in [0.5, 0.6) is 5.75 Å². The van der Waals surface area contributed by atoms with Gasteiger partial charge in [0.1, 0.15) is 22.3 Å². The van der Waals surface area contributed by atoms with Crippen molar-refractivity contribution in [2.24, 2.45) is 0 Å². The summed E-state index contributed by atoms with van der Waals surface area (Å²) in [6.07, 6.45) is 0.746. The van der Waals surface area contributed by atoms with E-state index in [2.05, 4.69) is 4.98 Å². The van der Waals surface area contributed by atoms with Crippen molar-refractivity contribution in [3.05, 3.63) is 101 Å². The molecule has 2 amide bonds. The number of piperazine rings is 1. The molecule has 1 atom stereocenters. The van der Waals surface area contributed by atoms with Gasteiger partial charge in [-0.05, 0) is 43.3 Å². The number of anilines is 2. The smallest absolute Gasteiger partial charge is 0.411 e. The molecule has 236 valence electrons. The van der Waals surface area contributed by atoms with Crippen molar-refractivity contribution in [2.45, 2.75) is 17.4 Å². The van der Waals surface area contributed by atoms with Crippen molar-refractivity contribution >= 4 is 44.2 Å². The normalized spacial score (nSPS) is 17.9. The quantitative estimate of drug-likeness (QED) is 0.277. The molecule has 3 heterocycles. The lowest BCUT2D eigenvalue weighted by Crippen LogP contribution is -2.53. The number of nitriles is 1. The molecular weight excluding hydrogens is 640 g/mol. The van der Waals surface area contributed by atoms with Crippen molar-refractivity contribution in [1.29, 1.82) is 5.26 Å². The van der Waals surface area contributed by atoms with Crippen LogP contribution in [-0.2, 0) is 25.2 Å². The summed E-state index contributed by atoms with van der Waals surface area (Å²) in [5, 5.41) is 12.4. The Morgan fingerprint density at radius 3 is 2.50 bits per heavy atom. The number of fused-ring (bicyclic) bond motifs is 1. The molecule has 0 N–H and O–H groups in total. The molecule has 0 bridgehead atoms. The first-order valence-corrected chi connectivity index (χ1v) is 16.4. The fourth-order valence-electron chi connectivity index (χ4n) is 5.55. The largest absolute Gasteiger partial charge is 0.493 e. The predicted molar refractivity (Wildman–Crippen MR) is 163 cm³/mol. The number of amides is 2. The van der Waals surface area contributed by atoms with Crippen LogP contribution in [0, 0.1) is 23.0 Å². The van der Waals surface area contributed by atoms with E-state index < -0.39 is 44.2 Å². The number of sulfonamides is 1. The Morgan fingerprint density at radius 1 is 1.07 bits per heavy atom. The standard InChI is InChI=1S/C31H25F2N5O6S2/c1-2-43-26-6-4-3-5-22(26)31(44-30(40)37-14-12-36(13-15-37)29-35-11-16-45-29)23-17-20(19-34)7-9-25(23)38(28(31)39)46(41,42)27-10-8-21(32)18-24(27)33/h3-11,16-18H,2,12-15H2,1H3. The summed E-state index contributed by atoms with van der Waals surface area (Å²) < 4.78 is 69.1. The van der Waals surface area contributed by atoms with E-state index in [-0.39, 0.29) is 47.8 Å². The van der Waals surface area contributed by atoms with Crippen LogP contribution in [0.15, 0.2) is 77.1 Å². The van der Waals surface area contributed by atoms with Gasteiger partial charge >= 0.3 is 6.09 Å². The molecule has 4 aromatic rings. The van der Waals surface area contributed by atoms with Crippen LogP contribution < -0.4 is 13.9 Å². The van der Waals surface area contributed by atoms with Gasteiger partial charge in [0.2, 0.25) is 5.60 Å². The van der Waals surface area contributed by atoms with E-state index >= 15 is 0 Å². The molecule has 1 fully saturated rings. The number of aromatic nitrogens is 1. The minimum atomic E-state index is -5.06. The van der Waals surface area contributed by atoms with Gasteiger partial charge < -0.3 is 19.3 Å². The molecule has 6 rings (SSSR count). The van der Waals surface area contributed by atoms with Gasteiger partial charge in [-0.3, -0.25) is 4.79 Å². The molecule has 0 spiro atoms. The number of thiazole rings is 1. The van der Waals surface area contributed by atoms with Gasteiger partial charge in [0.25, 0.3) is 15.9 Å². The lowest BCUT2D eigenvalue weighted by atomic mass is 9.85. The second-order valence-corrected chi connectivity index (χ2v) is 12.9. The fourth-order valence-corrected chi connectivity index (χ4v) is 7.76. The number of hydrogen-bond acceptors (Lipinski definition) is 10. The third kappa shape index (κ3) is 5.09. The molecule has 2 aliphatic rings. The topological polar surface area (TPSA) is 133 Å². The summed E-state index contributed by atoms with van der Waals surface area (Å²) >= 11 is 1.45. The number of carbonyl (C=O) groups is 2. The molecule has 0 aliphatic carbocycles. The lowest BCUT2D eigenvalue weighted by molar-refractivity contribution is -0.132. The maximum atomic E-state index is 15.0. The third-order valence-corrected chi connectivity index (χ3v) is 10.2. The van der Waals surface area contributed by atoms with Gasteiger partial charge in [0, 0.05) is 49.4 Å². The van der Waals surface area contributed by atoms with E-state index in [1.54, 1.807) is 25.3 Å². The van der Waals surface area contributed by atoms with E-state index in [1.807, 2.05) is 16.3 Å². The highest BCUT2D eigenvalue weighted by Crippen LogP contribution is 2.52. The Labute approximate surface area is 266 Å². The average Bonchev–Trinajstić information content (AvgIpc) is 3.67. The summed E-state index contributed by atoms with van der Waals surface area (Å²) in [5.41, 5.74) is -2.89. The monoisotopic (exact) mass is 665 g/mol. The van der Waals surface area contributed by atoms with Crippen molar-refractivity contribution in [1.82, 2.24) is 9.88 Å². The van der Waals surface area contributed by atoms with Crippen LogP contribution in [0.3, 0.4) is 0 Å². The van der Waals surface area contributed by atoms with Crippen LogP contribution in [0.2, 0.25) is 0 Å². The summed E-state index contributed by atoms with van der Waals surface area (Å²) in [6, 6.07) is 13.7.